The predicted octanol–water partition coefficient (Wildman–Crippen LogP) is 2.55. The van der Waals surface area contributed by atoms with Gasteiger partial charge in [0.05, 0.1) is 5.69 Å². The quantitative estimate of drug-likeness (QED) is 0.657. The van der Waals surface area contributed by atoms with Gasteiger partial charge in [0.25, 0.3) is 0 Å². The largest absolute Gasteiger partial charge is 0.159 e. The molecule has 2 rings (SSSR count). The summed E-state index contributed by atoms with van der Waals surface area (Å²) in [6, 6.07) is 4.08. The SMILES string of the molecule is CC(C)(C)C1(c2cccnn2)CC1. The van der Waals surface area contributed by atoms with Gasteiger partial charge >= 0.3 is 0 Å². The molecule has 70 valence electrons. The summed E-state index contributed by atoms with van der Waals surface area (Å²) in [6.45, 7) is 6.86. The topological polar surface area (TPSA) is 25.8 Å². The average molecular weight is 176 g/mol. The smallest absolute Gasteiger partial charge is 0.0698 e. The van der Waals surface area contributed by atoms with Crippen molar-refractivity contribution in [3.8, 4) is 0 Å². The first kappa shape index (κ1) is 8.67. The Morgan fingerprint density at radius 1 is 1.31 bits per heavy atom. The summed E-state index contributed by atoms with van der Waals surface area (Å²) in [6.07, 6.45) is 4.26. The normalized spacial score (nSPS) is 19.9. The number of nitrogens with zero attached hydrogens (tertiary/aromatic N) is 2. The van der Waals surface area contributed by atoms with E-state index in [0.717, 1.165) is 0 Å². The van der Waals surface area contributed by atoms with E-state index in [4.69, 9.17) is 0 Å². The van der Waals surface area contributed by atoms with E-state index in [1.807, 2.05) is 6.07 Å². The molecule has 0 atom stereocenters. The summed E-state index contributed by atoms with van der Waals surface area (Å²) in [7, 11) is 0. The molecule has 0 aromatic carbocycles. The first-order valence-electron chi connectivity index (χ1n) is 4.84. The van der Waals surface area contributed by atoms with Crippen LogP contribution in [0.1, 0.15) is 39.3 Å². The lowest BCUT2D eigenvalue weighted by molar-refractivity contribution is 0.291. The van der Waals surface area contributed by atoms with E-state index in [0.29, 0.717) is 10.8 Å². The molecule has 0 aliphatic heterocycles. The highest BCUT2D eigenvalue weighted by Crippen LogP contribution is 2.58. The number of hydrogen-bond donors (Lipinski definition) is 0. The van der Waals surface area contributed by atoms with Crippen LogP contribution in [-0.2, 0) is 5.41 Å². The van der Waals surface area contributed by atoms with Crippen molar-refractivity contribution < 1.29 is 0 Å². The van der Waals surface area contributed by atoms with Gasteiger partial charge in [-0.05, 0) is 30.4 Å². The Bertz CT molecular complexity index is 294. The zero-order valence-electron chi connectivity index (χ0n) is 8.54. The number of hydrogen-bond acceptors (Lipinski definition) is 2. The minimum Gasteiger partial charge on any atom is -0.159 e. The van der Waals surface area contributed by atoms with E-state index >= 15 is 0 Å². The van der Waals surface area contributed by atoms with Crippen LogP contribution in [0.3, 0.4) is 0 Å². The maximum Gasteiger partial charge on any atom is 0.0698 e. The van der Waals surface area contributed by atoms with Crippen molar-refractivity contribution in [2.75, 3.05) is 0 Å². The fourth-order valence-electron chi connectivity index (χ4n) is 2.07. The first-order chi connectivity index (χ1) is 6.06. The average Bonchev–Trinajstić information content (AvgIpc) is 2.84. The minimum atomic E-state index is 0.307. The predicted molar refractivity (Wildman–Crippen MR) is 52.4 cm³/mol. The molecule has 13 heavy (non-hydrogen) atoms. The molecule has 0 radical (unpaired) electrons. The van der Waals surface area contributed by atoms with Crippen LogP contribution in [0.15, 0.2) is 18.3 Å². The Hall–Kier alpha value is -0.920. The third-order valence-electron chi connectivity index (χ3n) is 3.25. The van der Waals surface area contributed by atoms with Crippen LogP contribution in [-0.4, -0.2) is 10.2 Å². The Balaban J connectivity index is 2.37. The van der Waals surface area contributed by atoms with Gasteiger partial charge in [0, 0.05) is 11.6 Å². The Labute approximate surface area is 79.4 Å². The molecule has 1 aliphatic carbocycles. The maximum atomic E-state index is 4.23. The summed E-state index contributed by atoms with van der Waals surface area (Å²) in [5.41, 5.74) is 1.78. The highest BCUT2D eigenvalue weighted by molar-refractivity contribution is 5.26. The standard InChI is InChI=1S/C11H16N2/c1-10(2,3)11(6-7-11)9-5-4-8-12-13-9/h4-5,8H,6-7H2,1-3H3. The summed E-state index contributed by atoms with van der Waals surface area (Å²) in [4.78, 5) is 0. The monoisotopic (exact) mass is 176 g/mol. The lowest BCUT2D eigenvalue weighted by Crippen LogP contribution is -2.27. The van der Waals surface area contributed by atoms with E-state index in [9.17, 15) is 0 Å². The van der Waals surface area contributed by atoms with Crippen LogP contribution in [0.25, 0.3) is 0 Å². The third-order valence-corrected chi connectivity index (χ3v) is 3.25. The van der Waals surface area contributed by atoms with Crippen molar-refractivity contribution in [1.29, 1.82) is 0 Å². The van der Waals surface area contributed by atoms with Crippen molar-refractivity contribution in [3.05, 3.63) is 24.0 Å². The van der Waals surface area contributed by atoms with Gasteiger partial charge in [0.1, 0.15) is 0 Å². The summed E-state index contributed by atoms with van der Waals surface area (Å²) in [5, 5.41) is 8.18. The van der Waals surface area contributed by atoms with E-state index in [2.05, 4.69) is 37.0 Å². The van der Waals surface area contributed by atoms with Crippen LogP contribution in [0, 0.1) is 5.41 Å². The van der Waals surface area contributed by atoms with Crippen molar-refractivity contribution in [3.63, 3.8) is 0 Å². The molecule has 0 N–H and O–H groups in total. The highest BCUT2D eigenvalue weighted by atomic mass is 15.1. The molecule has 0 saturated heterocycles. The van der Waals surface area contributed by atoms with Gasteiger partial charge in [-0.1, -0.05) is 20.8 Å². The maximum absolute atomic E-state index is 4.23. The fourth-order valence-corrected chi connectivity index (χ4v) is 2.07. The van der Waals surface area contributed by atoms with Gasteiger partial charge in [-0.3, -0.25) is 0 Å². The van der Waals surface area contributed by atoms with E-state index in [1.165, 1.54) is 18.5 Å². The number of rotatable bonds is 1. The van der Waals surface area contributed by atoms with Gasteiger partial charge in [-0.25, -0.2) is 0 Å². The van der Waals surface area contributed by atoms with Crippen molar-refractivity contribution in [2.24, 2.45) is 5.41 Å². The molecule has 1 heterocycles. The molecule has 1 saturated carbocycles. The Kier molecular flexibility index (Phi) is 1.69. The van der Waals surface area contributed by atoms with Gasteiger partial charge in [-0.2, -0.15) is 10.2 Å². The molecule has 0 bridgehead atoms. The van der Waals surface area contributed by atoms with E-state index in [1.54, 1.807) is 6.20 Å². The summed E-state index contributed by atoms with van der Waals surface area (Å²) in [5.74, 6) is 0. The van der Waals surface area contributed by atoms with E-state index in [-0.39, 0.29) is 0 Å². The number of aromatic nitrogens is 2. The molecule has 0 unspecified atom stereocenters. The Morgan fingerprint density at radius 3 is 2.38 bits per heavy atom. The van der Waals surface area contributed by atoms with Gasteiger partial charge in [0.15, 0.2) is 0 Å². The molecule has 2 heteroatoms. The molecular weight excluding hydrogens is 160 g/mol. The van der Waals surface area contributed by atoms with Crippen LogP contribution in [0.2, 0.25) is 0 Å². The second kappa shape index (κ2) is 2.53. The summed E-state index contributed by atoms with van der Waals surface area (Å²) >= 11 is 0. The van der Waals surface area contributed by atoms with Crippen molar-refractivity contribution in [1.82, 2.24) is 10.2 Å². The van der Waals surface area contributed by atoms with Gasteiger partial charge in [-0.15, -0.1) is 0 Å². The molecule has 1 aromatic heterocycles. The van der Waals surface area contributed by atoms with Crippen LogP contribution in [0.5, 0.6) is 0 Å². The van der Waals surface area contributed by atoms with Crippen LogP contribution < -0.4 is 0 Å². The lowest BCUT2D eigenvalue weighted by Gasteiger charge is -2.29. The molecule has 1 aromatic rings. The Morgan fingerprint density at radius 2 is 2.00 bits per heavy atom. The molecule has 2 nitrogen and oxygen atoms in total. The lowest BCUT2D eigenvalue weighted by atomic mass is 9.75. The second-order valence-electron chi connectivity index (χ2n) is 4.94. The molecule has 0 amide bonds. The fraction of sp³-hybridized carbons (Fsp3) is 0.636. The molecule has 1 aliphatic rings. The zero-order valence-corrected chi connectivity index (χ0v) is 8.54. The molecular formula is C11H16N2. The van der Waals surface area contributed by atoms with Crippen LogP contribution >= 0.6 is 0 Å². The van der Waals surface area contributed by atoms with Gasteiger partial charge < -0.3 is 0 Å². The van der Waals surface area contributed by atoms with E-state index < -0.39 is 0 Å². The summed E-state index contributed by atoms with van der Waals surface area (Å²) < 4.78 is 0. The zero-order chi connectivity index (χ0) is 9.53. The van der Waals surface area contributed by atoms with Gasteiger partial charge in [0.2, 0.25) is 0 Å². The van der Waals surface area contributed by atoms with Crippen LogP contribution in [0.4, 0.5) is 0 Å². The van der Waals surface area contributed by atoms with Crippen molar-refractivity contribution in [2.45, 2.75) is 39.0 Å². The van der Waals surface area contributed by atoms with Crippen molar-refractivity contribution >= 4 is 0 Å². The minimum absolute atomic E-state index is 0.307. The molecule has 0 spiro atoms. The third kappa shape index (κ3) is 1.25. The first-order valence-corrected chi connectivity index (χ1v) is 4.84. The molecule has 1 fully saturated rings. The second-order valence-corrected chi connectivity index (χ2v) is 4.94. The highest BCUT2D eigenvalue weighted by Gasteiger charge is 2.54.